The summed E-state index contributed by atoms with van der Waals surface area (Å²) in [4.78, 5) is 25.6. The van der Waals surface area contributed by atoms with E-state index in [1.54, 1.807) is 0 Å². The first-order chi connectivity index (χ1) is 2.00. The van der Waals surface area contributed by atoms with Crippen molar-refractivity contribution in [1.82, 2.24) is 0 Å². The zero-order valence-corrected chi connectivity index (χ0v) is 5.21. The summed E-state index contributed by atoms with van der Waals surface area (Å²) in [6.07, 6.45) is 0. The Bertz CT molecular complexity index is 58.6. The average Bonchev–Trinajstić information content (AvgIpc) is 0.722. The second-order valence-corrected chi connectivity index (χ2v) is 1.34. The van der Waals surface area contributed by atoms with Crippen molar-refractivity contribution in [3.63, 3.8) is 0 Å². The molecule has 0 atom stereocenters. The molecule has 8 heteroatoms. The number of hydrogen-bond donors (Lipinski definition) is 0. The SMILES string of the molecule is O.O=P([O-])([O-])[O-].[Al+3].[MgH2]. The van der Waals surface area contributed by atoms with E-state index in [0.29, 0.717) is 0 Å². The summed E-state index contributed by atoms with van der Waals surface area (Å²) in [6, 6.07) is 0. The van der Waals surface area contributed by atoms with Gasteiger partial charge in [0.1, 0.15) is 0 Å². The molecule has 0 rings (SSSR count). The van der Waals surface area contributed by atoms with Crippen molar-refractivity contribution in [3.8, 4) is 0 Å². The van der Waals surface area contributed by atoms with E-state index in [4.69, 9.17) is 19.2 Å². The molecule has 0 saturated heterocycles. The van der Waals surface area contributed by atoms with Gasteiger partial charge in [0.25, 0.3) is 0 Å². The van der Waals surface area contributed by atoms with Crippen LogP contribution in [0.4, 0.5) is 0 Å². The predicted molar refractivity (Wildman–Crippen MR) is 25.5 cm³/mol. The van der Waals surface area contributed by atoms with Crippen molar-refractivity contribution in [2.75, 3.05) is 0 Å². The van der Waals surface area contributed by atoms with Crippen LogP contribution < -0.4 is 14.7 Å². The van der Waals surface area contributed by atoms with Crippen LogP contribution in [0.3, 0.4) is 0 Å². The van der Waals surface area contributed by atoms with Crippen molar-refractivity contribution >= 4 is 48.2 Å². The zero-order valence-electron chi connectivity index (χ0n) is 3.16. The van der Waals surface area contributed by atoms with Gasteiger partial charge in [-0.25, -0.2) is 0 Å². The normalized spacial score (nSPS) is 7.38. The molecule has 0 unspecified atom stereocenters. The fraction of sp³-hybridized carbons (Fsp3) is 0. The molecule has 0 bridgehead atoms. The molecular weight excluding hydrogens is 162 g/mol. The smallest absolute Gasteiger partial charge is 0.822 e. The molecule has 2 N–H and O–H groups in total. The fourth-order valence-electron chi connectivity index (χ4n) is 0. The van der Waals surface area contributed by atoms with E-state index in [2.05, 4.69) is 0 Å². The molecule has 0 aromatic heterocycles. The van der Waals surface area contributed by atoms with Gasteiger partial charge in [-0.1, -0.05) is 0 Å². The molecule has 0 fully saturated rings. The van der Waals surface area contributed by atoms with Crippen LogP contribution >= 0.6 is 7.82 Å². The molecule has 0 radical (unpaired) electrons. The fourth-order valence-corrected chi connectivity index (χ4v) is 0. The van der Waals surface area contributed by atoms with E-state index in [9.17, 15) is 0 Å². The summed E-state index contributed by atoms with van der Waals surface area (Å²) in [5.41, 5.74) is 0. The van der Waals surface area contributed by atoms with Gasteiger partial charge < -0.3 is 24.7 Å². The minimum atomic E-state index is -5.39. The van der Waals surface area contributed by atoms with E-state index in [1.807, 2.05) is 0 Å². The molecule has 44 valence electrons. The summed E-state index contributed by atoms with van der Waals surface area (Å²) in [6.45, 7) is 0. The van der Waals surface area contributed by atoms with Gasteiger partial charge in [-0.15, -0.1) is 0 Å². The summed E-state index contributed by atoms with van der Waals surface area (Å²) < 4.78 is 8.55. The van der Waals surface area contributed by atoms with Gasteiger partial charge in [0, 0.05) is 0 Å². The van der Waals surface area contributed by atoms with Gasteiger partial charge in [-0.3, -0.25) is 0 Å². The molecule has 0 spiro atoms. The molecule has 5 nitrogen and oxygen atoms in total. The largest absolute Gasteiger partial charge is 3.00 e. The molecule has 0 aromatic carbocycles. The van der Waals surface area contributed by atoms with Crippen molar-refractivity contribution in [1.29, 1.82) is 0 Å². The minimum Gasteiger partial charge on any atom is -0.822 e. The number of hydrogen-bond acceptors (Lipinski definition) is 4. The van der Waals surface area contributed by atoms with Crippen LogP contribution in [0.1, 0.15) is 0 Å². The van der Waals surface area contributed by atoms with Crippen LogP contribution in [0.2, 0.25) is 0 Å². The third-order valence-corrected chi connectivity index (χ3v) is 0. The quantitative estimate of drug-likeness (QED) is 0.264. The van der Waals surface area contributed by atoms with Crippen LogP contribution in [0, 0.1) is 0 Å². The summed E-state index contributed by atoms with van der Waals surface area (Å²) in [5.74, 6) is 0. The second kappa shape index (κ2) is 8.37. The molecular formula is H4AlMgO5P. The molecule has 0 aliphatic rings. The van der Waals surface area contributed by atoms with E-state index >= 15 is 0 Å². The second-order valence-electron chi connectivity index (χ2n) is 0.447. The molecule has 8 heavy (non-hydrogen) atoms. The number of phosphoric acid groups is 1. The van der Waals surface area contributed by atoms with Crippen molar-refractivity contribution < 1.29 is 24.7 Å². The van der Waals surface area contributed by atoms with Gasteiger partial charge in [-0.05, 0) is 0 Å². The third-order valence-electron chi connectivity index (χ3n) is 0. The average molecular weight is 166 g/mol. The monoisotopic (exact) mass is 166 g/mol. The minimum absolute atomic E-state index is 0. The zero-order chi connectivity index (χ0) is 4.50. The topological polar surface area (TPSA) is 118 Å². The van der Waals surface area contributed by atoms with E-state index in [-0.39, 0.29) is 45.9 Å². The van der Waals surface area contributed by atoms with Gasteiger partial charge in [-0.2, -0.15) is 7.82 Å². The predicted octanol–water partition coefficient (Wildman–Crippen LogP) is -4.95. The summed E-state index contributed by atoms with van der Waals surface area (Å²) in [7, 11) is -5.39. The Hall–Kier alpha value is 1.37. The maximum absolute atomic E-state index is 8.55. The molecule has 0 amide bonds. The maximum atomic E-state index is 8.55. The van der Waals surface area contributed by atoms with E-state index in [1.165, 1.54) is 0 Å². The van der Waals surface area contributed by atoms with Crippen LogP contribution in [0.15, 0.2) is 0 Å². The Balaban J connectivity index is -0.0000000267. The molecule has 0 aliphatic heterocycles. The van der Waals surface area contributed by atoms with Gasteiger partial charge in [0.15, 0.2) is 0 Å². The summed E-state index contributed by atoms with van der Waals surface area (Å²) >= 11 is 0. The van der Waals surface area contributed by atoms with Crippen molar-refractivity contribution in [2.45, 2.75) is 0 Å². The van der Waals surface area contributed by atoms with Crippen LogP contribution in [0.5, 0.6) is 0 Å². The Labute approximate surface area is 72.9 Å². The first-order valence-corrected chi connectivity index (χ1v) is 2.19. The molecule has 0 aliphatic carbocycles. The van der Waals surface area contributed by atoms with Crippen LogP contribution in [-0.4, -0.2) is 45.9 Å². The van der Waals surface area contributed by atoms with Crippen molar-refractivity contribution in [2.24, 2.45) is 0 Å². The Morgan fingerprint density at radius 2 is 1.12 bits per heavy atom. The Kier molecular flexibility index (Phi) is 23.8. The molecule has 0 heterocycles. The van der Waals surface area contributed by atoms with E-state index in [0.717, 1.165) is 0 Å². The first-order valence-electron chi connectivity index (χ1n) is 0.730. The van der Waals surface area contributed by atoms with Gasteiger partial charge in [0.05, 0.1) is 0 Å². The molecule has 0 saturated carbocycles. The Morgan fingerprint density at radius 3 is 1.12 bits per heavy atom. The van der Waals surface area contributed by atoms with Gasteiger partial charge in [0.2, 0.25) is 0 Å². The molecule has 0 aromatic rings. The van der Waals surface area contributed by atoms with Crippen LogP contribution in [-0.2, 0) is 4.57 Å². The maximum Gasteiger partial charge on any atom is 3.00 e. The van der Waals surface area contributed by atoms with Crippen LogP contribution in [0.25, 0.3) is 0 Å². The van der Waals surface area contributed by atoms with Gasteiger partial charge >= 0.3 is 40.4 Å². The van der Waals surface area contributed by atoms with Crippen molar-refractivity contribution in [3.05, 3.63) is 0 Å². The third kappa shape index (κ3) is 160. The van der Waals surface area contributed by atoms with E-state index < -0.39 is 7.82 Å². The standard InChI is InChI=1S/Al.Mg.H3O4P.H2O.2H/c;;1-5(2,3)4;;;/h;;(H3,1,2,3,4);1H2;;/q+3;;;;;/p-3. The Morgan fingerprint density at radius 1 is 1.12 bits per heavy atom. The summed E-state index contributed by atoms with van der Waals surface area (Å²) in [5, 5.41) is 0. The number of rotatable bonds is 0. The first kappa shape index (κ1) is 22.8.